The Morgan fingerprint density at radius 1 is 0.290 bits per heavy atom. The van der Waals surface area contributed by atoms with Gasteiger partial charge in [-0.1, -0.05) is 200 Å². The summed E-state index contributed by atoms with van der Waals surface area (Å²) >= 11 is 0. The minimum atomic E-state index is -0.468. The summed E-state index contributed by atoms with van der Waals surface area (Å²) in [7, 11) is 0. The van der Waals surface area contributed by atoms with Crippen LogP contribution in [-0.4, -0.2) is 9.97 Å². The van der Waals surface area contributed by atoms with Gasteiger partial charge in [0.05, 0.1) is 22.5 Å². The van der Waals surface area contributed by atoms with Crippen molar-refractivity contribution in [2.45, 2.75) is 5.41 Å². The van der Waals surface area contributed by atoms with Crippen molar-refractivity contribution in [3.8, 4) is 67.3 Å². The van der Waals surface area contributed by atoms with Gasteiger partial charge in [-0.15, -0.1) is 0 Å². The Hall–Kier alpha value is -8.14. The standard InChI is InChI=1S/C59H39N3/c1-4-19-40(20-5-1)46-27-13-17-34-57(46)62(44-26-18-25-43(37-44)56-39-55(41-21-6-2-7-22-41)60-58(61-56)42-23-8-3-9-24-42)45-35-36-50-49-30-12-16-33-53(49)59(54(50)38-45)51-31-14-10-28-47(51)48-29-11-15-32-52(48)59/h1-39H. The number of rotatable bonds is 7. The third-order valence-electron chi connectivity index (χ3n) is 12.7. The molecule has 10 aromatic rings. The lowest BCUT2D eigenvalue weighted by molar-refractivity contribution is 0.793. The molecule has 2 aliphatic carbocycles. The lowest BCUT2D eigenvalue weighted by Crippen LogP contribution is -2.26. The molecule has 0 aliphatic heterocycles. The molecular formula is C59H39N3. The number of anilines is 3. The molecular weight excluding hydrogens is 751 g/mol. The van der Waals surface area contributed by atoms with Gasteiger partial charge in [-0.05, 0) is 86.5 Å². The first-order chi connectivity index (χ1) is 30.8. The van der Waals surface area contributed by atoms with Gasteiger partial charge in [0.25, 0.3) is 0 Å². The van der Waals surface area contributed by atoms with Crippen LogP contribution in [0.1, 0.15) is 22.3 Å². The highest BCUT2D eigenvalue weighted by Crippen LogP contribution is 2.63. The van der Waals surface area contributed by atoms with Crippen molar-refractivity contribution in [1.29, 1.82) is 0 Å². The van der Waals surface area contributed by atoms with Crippen LogP contribution in [0.3, 0.4) is 0 Å². The third-order valence-corrected chi connectivity index (χ3v) is 12.7. The number of fused-ring (bicyclic) bond motifs is 10. The van der Waals surface area contributed by atoms with Crippen LogP contribution in [0.5, 0.6) is 0 Å². The van der Waals surface area contributed by atoms with E-state index in [-0.39, 0.29) is 0 Å². The minimum Gasteiger partial charge on any atom is -0.310 e. The highest BCUT2D eigenvalue weighted by atomic mass is 15.1. The Balaban J connectivity index is 1.10. The summed E-state index contributed by atoms with van der Waals surface area (Å²) in [5, 5.41) is 0. The van der Waals surface area contributed by atoms with E-state index >= 15 is 0 Å². The lowest BCUT2D eigenvalue weighted by Gasteiger charge is -2.33. The fourth-order valence-electron chi connectivity index (χ4n) is 10.1. The van der Waals surface area contributed by atoms with Crippen LogP contribution in [0.2, 0.25) is 0 Å². The van der Waals surface area contributed by atoms with Crippen LogP contribution < -0.4 is 4.90 Å². The van der Waals surface area contributed by atoms with E-state index in [1.807, 2.05) is 24.3 Å². The second kappa shape index (κ2) is 14.5. The molecule has 2 aliphatic rings. The number of hydrogen-bond acceptors (Lipinski definition) is 3. The molecule has 0 bridgehead atoms. The van der Waals surface area contributed by atoms with E-state index in [0.717, 1.165) is 56.3 Å². The summed E-state index contributed by atoms with van der Waals surface area (Å²) in [6, 6.07) is 85.2. The van der Waals surface area contributed by atoms with Crippen LogP contribution in [0, 0.1) is 0 Å². The van der Waals surface area contributed by atoms with Crippen molar-refractivity contribution in [2.75, 3.05) is 4.90 Å². The number of nitrogens with zero attached hydrogens (tertiary/aromatic N) is 3. The predicted octanol–water partition coefficient (Wildman–Crippen LogP) is 15.0. The molecule has 1 heterocycles. The number of aromatic nitrogens is 2. The highest BCUT2D eigenvalue weighted by molar-refractivity contribution is 5.97. The largest absolute Gasteiger partial charge is 0.310 e. The molecule has 0 fully saturated rings. The molecule has 3 heteroatoms. The van der Waals surface area contributed by atoms with E-state index < -0.39 is 5.41 Å². The van der Waals surface area contributed by atoms with Crippen LogP contribution in [-0.2, 0) is 5.41 Å². The second-order valence-corrected chi connectivity index (χ2v) is 16.1. The van der Waals surface area contributed by atoms with E-state index in [1.54, 1.807) is 0 Å². The van der Waals surface area contributed by atoms with E-state index in [2.05, 4.69) is 217 Å². The van der Waals surface area contributed by atoms with Crippen molar-refractivity contribution in [3.05, 3.63) is 259 Å². The first kappa shape index (κ1) is 35.8. The van der Waals surface area contributed by atoms with Gasteiger partial charge in [0.1, 0.15) is 0 Å². The van der Waals surface area contributed by atoms with Gasteiger partial charge in [0, 0.05) is 33.6 Å². The Morgan fingerprint density at radius 2 is 0.742 bits per heavy atom. The molecule has 0 unspecified atom stereocenters. The Kier molecular flexibility index (Phi) is 8.39. The van der Waals surface area contributed by atoms with Gasteiger partial charge in [0.2, 0.25) is 0 Å². The van der Waals surface area contributed by atoms with E-state index in [1.165, 1.54) is 44.5 Å². The molecule has 1 aromatic heterocycles. The van der Waals surface area contributed by atoms with E-state index in [4.69, 9.17) is 9.97 Å². The van der Waals surface area contributed by atoms with Crippen LogP contribution in [0.25, 0.3) is 67.3 Å². The van der Waals surface area contributed by atoms with Gasteiger partial charge in [-0.2, -0.15) is 0 Å². The van der Waals surface area contributed by atoms with Crippen LogP contribution >= 0.6 is 0 Å². The predicted molar refractivity (Wildman–Crippen MR) is 255 cm³/mol. The monoisotopic (exact) mass is 789 g/mol. The maximum Gasteiger partial charge on any atom is 0.160 e. The zero-order valence-electron chi connectivity index (χ0n) is 33.9. The molecule has 62 heavy (non-hydrogen) atoms. The van der Waals surface area contributed by atoms with Crippen LogP contribution in [0.4, 0.5) is 17.1 Å². The van der Waals surface area contributed by atoms with Crippen molar-refractivity contribution in [1.82, 2.24) is 9.97 Å². The maximum atomic E-state index is 5.24. The Bertz CT molecular complexity index is 3180. The molecule has 0 N–H and O–H groups in total. The van der Waals surface area contributed by atoms with Gasteiger partial charge in [-0.25, -0.2) is 9.97 Å². The van der Waals surface area contributed by atoms with Gasteiger partial charge in [0.15, 0.2) is 5.82 Å². The van der Waals surface area contributed by atoms with Crippen molar-refractivity contribution in [3.63, 3.8) is 0 Å². The fraction of sp³-hybridized carbons (Fsp3) is 0.0169. The van der Waals surface area contributed by atoms with E-state index in [9.17, 15) is 0 Å². The molecule has 0 amide bonds. The summed E-state index contributed by atoms with van der Waals surface area (Å²) in [5.74, 6) is 0.694. The highest BCUT2D eigenvalue weighted by Gasteiger charge is 2.51. The normalized spacial score (nSPS) is 12.6. The lowest BCUT2D eigenvalue weighted by atomic mass is 9.70. The zero-order chi connectivity index (χ0) is 41.0. The first-order valence-corrected chi connectivity index (χ1v) is 21.2. The fourth-order valence-corrected chi connectivity index (χ4v) is 10.1. The average Bonchev–Trinajstić information content (AvgIpc) is 3.82. The summed E-state index contributed by atoms with van der Waals surface area (Å²) in [6.07, 6.45) is 0. The quantitative estimate of drug-likeness (QED) is 0.161. The molecule has 3 nitrogen and oxygen atoms in total. The Labute approximate surface area is 361 Å². The molecule has 1 spiro atoms. The first-order valence-electron chi connectivity index (χ1n) is 21.2. The number of hydrogen-bond donors (Lipinski definition) is 0. The molecule has 0 saturated heterocycles. The zero-order valence-corrected chi connectivity index (χ0v) is 33.9. The summed E-state index contributed by atoms with van der Waals surface area (Å²) in [6.45, 7) is 0. The second-order valence-electron chi connectivity index (χ2n) is 16.1. The van der Waals surface area contributed by atoms with Gasteiger partial charge in [-0.3, -0.25) is 0 Å². The molecule has 0 radical (unpaired) electrons. The third kappa shape index (κ3) is 5.59. The molecule has 12 rings (SSSR count). The van der Waals surface area contributed by atoms with Gasteiger partial charge >= 0.3 is 0 Å². The summed E-state index contributed by atoms with van der Waals surface area (Å²) in [4.78, 5) is 12.8. The minimum absolute atomic E-state index is 0.468. The topological polar surface area (TPSA) is 29.0 Å². The number of para-hydroxylation sites is 1. The average molecular weight is 790 g/mol. The SMILES string of the molecule is c1ccc(-c2cc(-c3cccc(N(c4ccc5c(c4)C4(c6ccccc6-c6ccccc64)c4ccccc4-5)c4ccccc4-c4ccccc4)c3)nc(-c3ccccc3)n2)cc1. The van der Waals surface area contributed by atoms with Gasteiger partial charge < -0.3 is 4.90 Å². The molecule has 0 atom stereocenters. The van der Waals surface area contributed by atoms with Crippen LogP contribution in [0.15, 0.2) is 237 Å². The summed E-state index contributed by atoms with van der Waals surface area (Å²) in [5.41, 5.74) is 20.2. The molecule has 0 saturated carbocycles. The van der Waals surface area contributed by atoms with Crippen molar-refractivity contribution >= 4 is 17.1 Å². The Morgan fingerprint density at radius 3 is 1.35 bits per heavy atom. The summed E-state index contributed by atoms with van der Waals surface area (Å²) < 4.78 is 0. The van der Waals surface area contributed by atoms with Crippen molar-refractivity contribution < 1.29 is 0 Å². The molecule has 9 aromatic carbocycles. The smallest absolute Gasteiger partial charge is 0.160 e. The van der Waals surface area contributed by atoms with E-state index in [0.29, 0.717) is 5.82 Å². The van der Waals surface area contributed by atoms with Crippen molar-refractivity contribution in [2.24, 2.45) is 0 Å². The maximum absolute atomic E-state index is 5.24. The number of benzene rings is 9. The molecule has 290 valence electrons.